The number of H-pyrrole nitrogens is 1. The van der Waals surface area contributed by atoms with Crippen molar-refractivity contribution in [1.29, 1.82) is 0 Å². The lowest BCUT2D eigenvalue weighted by Crippen LogP contribution is -2.15. The van der Waals surface area contributed by atoms with Gasteiger partial charge in [-0.3, -0.25) is 4.98 Å². The molecule has 116 valence electrons. The van der Waals surface area contributed by atoms with Gasteiger partial charge in [0, 0.05) is 23.0 Å². The normalized spacial score (nSPS) is 13.1. The van der Waals surface area contributed by atoms with Crippen LogP contribution in [-0.4, -0.2) is 28.2 Å². The summed E-state index contributed by atoms with van der Waals surface area (Å²) in [6.07, 6.45) is 1.77. The minimum atomic E-state index is 0.347. The number of nitrogens with zero attached hydrogens (tertiary/aromatic N) is 2. The lowest BCUT2D eigenvalue weighted by molar-refractivity contribution is 0.171. The molecular weight excluding hydrogens is 314 g/mol. The topological polar surface area (TPSA) is 60.0 Å². The Balaban J connectivity index is 1.83. The zero-order valence-corrected chi connectivity index (χ0v) is 13.2. The van der Waals surface area contributed by atoms with E-state index in [2.05, 4.69) is 15.0 Å². The van der Waals surface area contributed by atoms with Crippen molar-refractivity contribution in [1.82, 2.24) is 15.0 Å². The van der Waals surface area contributed by atoms with Crippen LogP contribution in [0.2, 0.25) is 5.28 Å². The van der Waals surface area contributed by atoms with E-state index < -0.39 is 0 Å². The van der Waals surface area contributed by atoms with Crippen molar-refractivity contribution in [3.05, 3.63) is 47.5 Å². The number of ether oxygens (including phenoxy) is 2. The van der Waals surface area contributed by atoms with E-state index in [1.807, 2.05) is 37.3 Å². The molecule has 0 aliphatic carbocycles. The lowest BCUT2D eigenvalue weighted by Gasteiger charge is -2.18. The first kappa shape index (κ1) is 14.1. The molecular formula is C17H14ClN3O2. The number of aryl methyl sites for hydroxylation is 1. The van der Waals surface area contributed by atoms with Crippen LogP contribution in [0.15, 0.2) is 36.5 Å². The Morgan fingerprint density at radius 2 is 1.87 bits per heavy atom. The monoisotopic (exact) mass is 327 g/mol. The number of halogens is 1. The van der Waals surface area contributed by atoms with Crippen LogP contribution in [0, 0.1) is 6.92 Å². The van der Waals surface area contributed by atoms with E-state index >= 15 is 0 Å². The fourth-order valence-electron chi connectivity index (χ4n) is 2.65. The van der Waals surface area contributed by atoms with Gasteiger partial charge < -0.3 is 14.5 Å². The third kappa shape index (κ3) is 2.64. The number of rotatable bonds is 2. The van der Waals surface area contributed by atoms with Gasteiger partial charge in [-0.1, -0.05) is 0 Å². The third-order valence-electron chi connectivity index (χ3n) is 3.68. The van der Waals surface area contributed by atoms with Gasteiger partial charge in [-0.25, -0.2) is 4.98 Å². The standard InChI is InChI=1S/C17H14ClN3O2/c1-10-8-12(4-5-19-10)16-15(20-17(18)21-16)11-2-3-13-14(9-11)23-7-6-22-13/h2-5,8-9H,6-7H2,1H3,(H,20,21). The molecule has 0 amide bonds. The number of fused-ring (bicyclic) bond motifs is 1. The molecule has 0 spiro atoms. The Labute approximate surface area is 138 Å². The molecule has 0 saturated carbocycles. The zero-order valence-electron chi connectivity index (χ0n) is 12.5. The smallest absolute Gasteiger partial charge is 0.201 e. The van der Waals surface area contributed by atoms with E-state index in [1.165, 1.54) is 0 Å². The van der Waals surface area contributed by atoms with Crippen molar-refractivity contribution in [2.75, 3.05) is 13.2 Å². The number of aromatic amines is 1. The van der Waals surface area contributed by atoms with Crippen LogP contribution in [-0.2, 0) is 0 Å². The van der Waals surface area contributed by atoms with Crippen LogP contribution in [0.25, 0.3) is 22.5 Å². The van der Waals surface area contributed by atoms with Gasteiger partial charge in [-0.2, -0.15) is 0 Å². The predicted molar refractivity (Wildman–Crippen MR) is 88.0 cm³/mol. The van der Waals surface area contributed by atoms with Crippen LogP contribution >= 0.6 is 11.6 Å². The molecule has 3 heterocycles. The average molecular weight is 328 g/mol. The number of benzene rings is 1. The summed E-state index contributed by atoms with van der Waals surface area (Å²) in [5.74, 6) is 1.48. The molecule has 5 nitrogen and oxygen atoms in total. The summed E-state index contributed by atoms with van der Waals surface area (Å²) in [5.41, 5.74) is 4.47. The van der Waals surface area contributed by atoms with Crippen molar-refractivity contribution in [3.8, 4) is 34.0 Å². The number of pyridine rings is 1. The number of hydrogen-bond donors (Lipinski definition) is 1. The second-order valence-corrected chi connectivity index (χ2v) is 5.65. The van der Waals surface area contributed by atoms with Crippen LogP contribution in [0.3, 0.4) is 0 Å². The maximum absolute atomic E-state index is 6.11. The molecule has 0 fully saturated rings. The van der Waals surface area contributed by atoms with Crippen LogP contribution < -0.4 is 9.47 Å². The Bertz CT molecular complexity index is 876. The molecule has 0 saturated heterocycles. The SMILES string of the molecule is Cc1cc(-c2[nH]c(Cl)nc2-c2ccc3c(c2)OCCO3)ccn1. The second-order valence-electron chi connectivity index (χ2n) is 5.30. The first-order valence-electron chi connectivity index (χ1n) is 7.29. The Hall–Kier alpha value is -2.53. The van der Waals surface area contributed by atoms with Crippen molar-refractivity contribution in [3.63, 3.8) is 0 Å². The molecule has 0 atom stereocenters. The molecule has 2 aromatic heterocycles. The summed E-state index contributed by atoms with van der Waals surface area (Å²) in [6, 6.07) is 9.70. The first-order chi connectivity index (χ1) is 11.2. The van der Waals surface area contributed by atoms with Crippen molar-refractivity contribution >= 4 is 11.6 Å². The average Bonchev–Trinajstić information content (AvgIpc) is 2.96. The molecule has 0 radical (unpaired) electrons. The van der Waals surface area contributed by atoms with Gasteiger partial charge in [0.1, 0.15) is 13.2 Å². The summed E-state index contributed by atoms with van der Waals surface area (Å²) >= 11 is 6.11. The highest BCUT2D eigenvalue weighted by molar-refractivity contribution is 6.28. The first-order valence-corrected chi connectivity index (χ1v) is 7.67. The van der Waals surface area contributed by atoms with Crippen molar-refractivity contribution < 1.29 is 9.47 Å². The van der Waals surface area contributed by atoms with E-state index in [0.29, 0.717) is 18.5 Å². The molecule has 4 rings (SSSR count). The minimum Gasteiger partial charge on any atom is -0.486 e. The zero-order chi connectivity index (χ0) is 15.8. The summed E-state index contributed by atoms with van der Waals surface area (Å²) in [5, 5.41) is 0.347. The number of imidazole rings is 1. The maximum atomic E-state index is 6.11. The Kier molecular flexibility index (Phi) is 3.42. The van der Waals surface area contributed by atoms with E-state index in [0.717, 1.165) is 39.7 Å². The second kappa shape index (κ2) is 5.59. The predicted octanol–water partition coefficient (Wildman–Crippen LogP) is 3.87. The van der Waals surface area contributed by atoms with E-state index in [-0.39, 0.29) is 0 Å². The third-order valence-corrected chi connectivity index (χ3v) is 3.85. The molecule has 6 heteroatoms. The molecule has 1 aromatic carbocycles. The highest BCUT2D eigenvalue weighted by Gasteiger charge is 2.17. The molecule has 1 aliphatic heterocycles. The van der Waals surface area contributed by atoms with Gasteiger partial charge in [-0.05, 0) is 48.9 Å². The number of nitrogens with one attached hydrogen (secondary N) is 1. The molecule has 0 unspecified atom stereocenters. The summed E-state index contributed by atoms with van der Waals surface area (Å²) in [4.78, 5) is 11.8. The Morgan fingerprint density at radius 3 is 2.70 bits per heavy atom. The molecule has 0 bridgehead atoms. The minimum absolute atomic E-state index is 0.347. The van der Waals surface area contributed by atoms with Gasteiger partial charge in [0.2, 0.25) is 5.28 Å². The van der Waals surface area contributed by atoms with Gasteiger partial charge in [0.15, 0.2) is 11.5 Å². The van der Waals surface area contributed by atoms with Gasteiger partial charge in [0.25, 0.3) is 0 Å². The van der Waals surface area contributed by atoms with E-state index in [1.54, 1.807) is 6.20 Å². The quantitative estimate of drug-likeness (QED) is 0.776. The molecule has 23 heavy (non-hydrogen) atoms. The molecule has 3 aromatic rings. The van der Waals surface area contributed by atoms with Crippen LogP contribution in [0.4, 0.5) is 0 Å². The number of aromatic nitrogens is 3. The van der Waals surface area contributed by atoms with Crippen molar-refractivity contribution in [2.24, 2.45) is 0 Å². The maximum Gasteiger partial charge on any atom is 0.201 e. The van der Waals surface area contributed by atoms with E-state index in [4.69, 9.17) is 21.1 Å². The van der Waals surface area contributed by atoms with Crippen LogP contribution in [0.5, 0.6) is 11.5 Å². The van der Waals surface area contributed by atoms with E-state index in [9.17, 15) is 0 Å². The number of hydrogen-bond acceptors (Lipinski definition) is 4. The van der Waals surface area contributed by atoms with Gasteiger partial charge >= 0.3 is 0 Å². The lowest BCUT2D eigenvalue weighted by atomic mass is 10.0. The summed E-state index contributed by atoms with van der Waals surface area (Å²) < 4.78 is 11.2. The summed E-state index contributed by atoms with van der Waals surface area (Å²) in [6.45, 7) is 3.07. The molecule has 1 aliphatic rings. The fourth-order valence-corrected chi connectivity index (χ4v) is 2.83. The van der Waals surface area contributed by atoms with Gasteiger partial charge in [0.05, 0.1) is 11.4 Å². The fraction of sp³-hybridized carbons (Fsp3) is 0.176. The van der Waals surface area contributed by atoms with Crippen molar-refractivity contribution in [2.45, 2.75) is 6.92 Å². The highest BCUT2D eigenvalue weighted by Crippen LogP contribution is 2.37. The largest absolute Gasteiger partial charge is 0.486 e. The van der Waals surface area contributed by atoms with Gasteiger partial charge in [-0.15, -0.1) is 0 Å². The molecule has 1 N–H and O–H groups in total. The summed E-state index contributed by atoms with van der Waals surface area (Å²) in [7, 11) is 0. The highest BCUT2D eigenvalue weighted by atomic mass is 35.5. The Morgan fingerprint density at radius 1 is 1.04 bits per heavy atom. The van der Waals surface area contributed by atoms with Crippen LogP contribution in [0.1, 0.15) is 5.69 Å².